The Labute approximate surface area is 118 Å². The minimum absolute atomic E-state index is 0.460. The molecule has 1 aromatic carbocycles. The standard InChI is InChI=1S/C14H18ClN3O/c1-2-18-9-11(8-17-18)10-19-14-12(6-7-16)4-3-5-13(14)15/h3-5,8-9H,2,6-7,10,16H2,1H3. The van der Waals surface area contributed by atoms with E-state index in [1.165, 1.54) is 0 Å². The van der Waals surface area contributed by atoms with Gasteiger partial charge >= 0.3 is 0 Å². The molecule has 4 nitrogen and oxygen atoms in total. The van der Waals surface area contributed by atoms with Crippen molar-refractivity contribution in [2.75, 3.05) is 6.54 Å². The second-order valence-corrected chi connectivity index (χ2v) is 4.67. The van der Waals surface area contributed by atoms with Crippen molar-refractivity contribution in [3.05, 3.63) is 46.7 Å². The molecular weight excluding hydrogens is 262 g/mol. The Bertz CT molecular complexity index is 539. The van der Waals surface area contributed by atoms with Crippen molar-refractivity contribution >= 4 is 11.6 Å². The smallest absolute Gasteiger partial charge is 0.141 e. The van der Waals surface area contributed by atoms with Crippen LogP contribution in [0.25, 0.3) is 0 Å². The number of halogens is 1. The summed E-state index contributed by atoms with van der Waals surface area (Å²) in [5.41, 5.74) is 7.66. The van der Waals surface area contributed by atoms with Gasteiger partial charge in [0.1, 0.15) is 12.4 Å². The van der Waals surface area contributed by atoms with Crippen LogP contribution >= 0.6 is 11.6 Å². The molecule has 0 aliphatic rings. The van der Waals surface area contributed by atoms with Gasteiger partial charge in [-0.2, -0.15) is 5.10 Å². The van der Waals surface area contributed by atoms with Gasteiger partial charge in [-0.15, -0.1) is 0 Å². The molecule has 1 aromatic heterocycles. The summed E-state index contributed by atoms with van der Waals surface area (Å²) in [4.78, 5) is 0. The minimum Gasteiger partial charge on any atom is -0.487 e. The van der Waals surface area contributed by atoms with E-state index >= 15 is 0 Å². The predicted octanol–water partition coefficient (Wildman–Crippen LogP) is 2.64. The highest BCUT2D eigenvalue weighted by Crippen LogP contribution is 2.29. The molecule has 19 heavy (non-hydrogen) atoms. The lowest BCUT2D eigenvalue weighted by Gasteiger charge is -2.11. The first kappa shape index (κ1) is 13.9. The first-order valence-corrected chi connectivity index (χ1v) is 6.74. The maximum Gasteiger partial charge on any atom is 0.141 e. The maximum atomic E-state index is 6.18. The van der Waals surface area contributed by atoms with Crippen molar-refractivity contribution in [2.45, 2.75) is 26.5 Å². The number of nitrogens with two attached hydrogens (primary N) is 1. The first-order valence-electron chi connectivity index (χ1n) is 6.36. The van der Waals surface area contributed by atoms with Gasteiger partial charge in [-0.1, -0.05) is 23.7 Å². The highest BCUT2D eigenvalue weighted by molar-refractivity contribution is 6.32. The number of nitrogens with zero attached hydrogens (tertiary/aromatic N) is 2. The van der Waals surface area contributed by atoms with Crippen LogP contribution in [0.5, 0.6) is 5.75 Å². The van der Waals surface area contributed by atoms with E-state index in [1.54, 1.807) is 0 Å². The molecule has 0 unspecified atom stereocenters. The van der Waals surface area contributed by atoms with Gasteiger partial charge in [0.25, 0.3) is 0 Å². The van der Waals surface area contributed by atoms with E-state index in [0.717, 1.165) is 29.8 Å². The minimum atomic E-state index is 0.460. The van der Waals surface area contributed by atoms with E-state index < -0.39 is 0 Å². The molecule has 102 valence electrons. The van der Waals surface area contributed by atoms with Crippen molar-refractivity contribution in [2.24, 2.45) is 5.73 Å². The zero-order valence-corrected chi connectivity index (χ0v) is 11.7. The third-order valence-corrected chi connectivity index (χ3v) is 3.15. The fourth-order valence-corrected chi connectivity index (χ4v) is 2.13. The van der Waals surface area contributed by atoms with Gasteiger partial charge in [0, 0.05) is 18.3 Å². The largest absolute Gasteiger partial charge is 0.487 e. The molecule has 0 aliphatic heterocycles. The number of rotatable bonds is 6. The van der Waals surface area contributed by atoms with Crippen molar-refractivity contribution in [3.63, 3.8) is 0 Å². The molecule has 2 rings (SSSR count). The molecule has 5 heteroatoms. The second-order valence-electron chi connectivity index (χ2n) is 4.26. The van der Waals surface area contributed by atoms with Crippen LogP contribution in [0.4, 0.5) is 0 Å². The van der Waals surface area contributed by atoms with Crippen molar-refractivity contribution in [1.29, 1.82) is 0 Å². The van der Waals surface area contributed by atoms with E-state index in [2.05, 4.69) is 5.10 Å². The van der Waals surface area contributed by atoms with Crippen LogP contribution in [0.15, 0.2) is 30.6 Å². The summed E-state index contributed by atoms with van der Waals surface area (Å²) in [5, 5.41) is 4.83. The predicted molar refractivity (Wildman–Crippen MR) is 76.4 cm³/mol. The van der Waals surface area contributed by atoms with Crippen LogP contribution in [0.2, 0.25) is 5.02 Å². The zero-order chi connectivity index (χ0) is 13.7. The van der Waals surface area contributed by atoms with Crippen LogP contribution in [-0.2, 0) is 19.6 Å². The Kier molecular flexibility index (Phi) is 4.82. The summed E-state index contributed by atoms with van der Waals surface area (Å²) >= 11 is 6.18. The summed E-state index contributed by atoms with van der Waals surface area (Å²) in [7, 11) is 0. The Morgan fingerprint density at radius 1 is 1.42 bits per heavy atom. The monoisotopic (exact) mass is 279 g/mol. The third-order valence-electron chi connectivity index (χ3n) is 2.86. The number of aromatic nitrogens is 2. The van der Waals surface area contributed by atoms with Crippen LogP contribution in [0, 0.1) is 0 Å². The third kappa shape index (κ3) is 3.49. The van der Waals surface area contributed by atoms with Gasteiger partial charge in [-0.05, 0) is 31.5 Å². The summed E-state index contributed by atoms with van der Waals surface area (Å²) in [6, 6.07) is 5.73. The molecule has 0 spiro atoms. The van der Waals surface area contributed by atoms with Gasteiger partial charge in [-0.25, -0.2) is 0 Å². The number of hydrogen-bond donors (Lipinski definition) is 1. The molecule has 1 heterocycles. The quantitative estimate of drug-likeness (QED) is 0.884. The molecule has 2 N–H and O–H groups in total. The molecular formula is C14H18ClN3O. The van der Waals surface area contributed by atoms with Crippen LogP contribution in [0.1, 0.15) is 18.1 Å². The lowest BCUT2D eigenvalue weighted by molar-refractivity contribution is 0.303. The summed E-state index contributed by atoms with van der Waals surface area (Å²) in [5.74, 6) is 0.721. The molecule has 0 atom stereocenters. The maximum absolute atomic E-state index is 6.18. The van der Waals surface area contributed by atoms with E-state index in [4.69, 9.17) is 22.1 Å². The normalized spacial score (nSPS) is 10.7. The molecule has 0 amide bonds. The number of aryl methyl sites for hydroxylation is 1. The number of benzene rings is 1. The van der Waals surface area contributed by atoms with Crippen LogP contribution < -0.4 is 10.5 Å². The number of ether oxygens (including phenoxy) is 1. The Hall–Kier alpha value is -1.52. The first-order chi connectivity index (χ1) is 9.24. The molecule has 0 radical (unpaired) electrons. The van der Waals surface area contributed by atoms with Gasteiger partial charge in [0.05, 0.1) is 11.2 Å². The highest BCUT2D eigenvalue weighted by atomic mass is 35.5. The van der Waals surface area contributed by atoms with Gasteiger partial charge < -0.3 is 10.5 Å². The van der Waals surface area contributed by atoms with E-state index in [0.29, 0.717) is 18.2 Å². The van der Waals surface area contributed by atoms with E-state index in [-0.39, 0.29) is 0 Å². The SMILES string of the molecule is CCn1cc(COc2c(Cl)cccc2CCN)cn1. The molecule has 0 fully saturated rings. The molecule has 0 saturated heterocycles. The molecule has 0 aliphatic carbocycles. The molecule has 0 bridgehead atoms. The van der Waals surface area contributed by atoms with Crippen LogP contribution in [0.3, 0.4) is 0 Å². The lowest BCUT2D eigenvalue weighted by Crippen LogP contribution is -2.05. The van der Waals surface area contributed by atoms with Gasteiger partial charge in [0.2, 0.25) is 0 Å². The zero-order valence-electron chi connectivity index (χ0n) is 11.0. The average Bonchev–Trinajstić information content (AvgIpc) is 2.86. The van der Waals surface area contributed by atoms with Gasteiger partial charge in [0.15, 0.2) is 0 Å². The fraction of sp³-hybridized carbons (Fsp3) is 0.357. The number of para-hydroxylation sites is 1. The second kappa shape index (κ2) is 6.59. The van der Waals surface area contributed by atoms with Crippen molar-refractivity contribution in [3.8, 4) is 5.75 Å². The lowest BCUT2D eigenvalue weighted by atomic mass is 10.1. The molecule has 2 aromatic rings. The summed E-state index contributed by atoms with van der Waals surface area (Å²) in [6.45, 7) is 3.93. The van der Waals surface area contributed by atoms with Gasteiger partial charge in [-0.3, -0.25) is 4.68 Å². The van der Waals surface area contributed by atoms with E-state index in [9.17, 15) is 0 Å². The Morgan fingerprint density at radius 3 is 2.95 bits per heavy atom. The molecule has 0 saturated carbocycles. The number of hydrogen-bond acceptors (Lipinski definition) is 3. The topological polar surface area (TPSA) is 53.1 Å². The average molecular weight is 280 g/mol. The Morgan fingerprint density at radius 2 is 2.26 bits per heavy atom. The summed E-state index contributed by atoms with van der Waals surface area (Å²) < 4.78 is 7.69. The van der Waals surface area contributed by atoms with Crippen molar-refractivity contribution in [1.82, 2.24) is 9.78 Å². The fourth-order valence-electron chi connectivity index (χ4n) is 1.88. The van der Waals surface area contributed by atoms with Crippen molar-refractivity contribution < 1.29 is 4.74 Å². The highest BCUT2D eigenvalue weighted by Gasteiger charge is 2.08. The summed E-state index contributed by atoms with van der Waals surface area (Å²) in [6.07, 6.45) is 4.53. The Balaban J connectivity index is 2.09. The van der Waals surface area contributed by atoms with Crippen LogP contribution in [-0.4, -0.2) is 16.3 Å². The van der Waals surface area contributed by atoms with E-state index in [1.807, 2.05) is 42.2 Å².